The van der Waals surface area contributed by atoms with E-state index in [1.807, 2.05) is 0 Å². The molecule has 0 spiro atoms. The lowest BCUT2D eigenvalue weighted by molar-refractivity contribution is 0.217. The summed E-state index contributed by atoms with van der Waals surface area (Å²) in [6.45, 7) is 7.28. The molecule has 1 saturated heterocycles. The maximum Gasteiger partial charge on any atom is 0.00961 e. The van der Waals surface area contributed by atoms with Crippen LogP contribution in [-0.4, -0.2) is 29.4 Å². The Morgan fingerprint density at radius 2 is 2.23 bits per heavy atom. The van der Waals surface area contributed by atoms with Crippen LogP contribution in [0.1, 0.15) is 39.5 Å². The zero-order valence-corrected chi connectivity index (χ0v) is 10.5. The molecule has 1 aliphatic rings. The van der Waals surface area contributed by atoms with E-state index in [1.54, 1.807) is 0 Å². The summed E-state index contributed by atoms with van der Waals surface area (Å²) < 4.78 is 0. The minimum atomic E-state index is 0.824. The largest absolute Gasteiger partial charge is 0.300 e. The predicted octanol–water partition coefficient (Wildman–Crippen LogP) is 3.28. The molecule has 0 saturated carbocycles. The van der Waals surface area contributed by atoms with Crippen LogP contribution in [0.5, 0.6) is 0 Å². The molecular formula is C11H22BrN. The van der Waals surface area contributed by atoms with Gasteiger partial charge in [-0.05, 0) is 38.1 Å². The molecule has 0 aromatic carbocycles. The van der Waals surface area contributed by atoms with Crippen molar-refractivity contribution >= 4 is 15.9 Å². The van der Waals surface area contributed by atoms with Crippen molar-refractivity contribution in [2.24, 2.45) is 5.92 Å². The SMILES string of the molecule is CC(C)CN1CCCC1CCCBr. The normalized spacial score (nSPS) is 24.5. The first-order chi connectivity index (χ1) is 6.24. The molecule has 0 aliphatic carbocycles. The molecule has 1 fully saturated rings. The van der Waals surface area contributed by atoms with Gasteiger partial charge in [0.05, 0.1) is 0 Å². The van der Waals surface area contributed by atoms with Crippen molar-refractivity contribution in [3.05, 3.63) is 0 Å². The second kappa shape index (κ2) is 6.02. The highest BCUT2D eigenvalue weighted by Crippen LogP contribution is 2.22. The zero-order chi connectivity index (χ0) is 9.68. The molecule has 1 nitrogen and oxygen atoms in total. The van der Waals surface area contributed by atoms with Gasteiger partial charge in [-0.25, -0.2) is 0 Å². The van der Waals surface area contributed by atoms with Crippen molar-refractivity contribution in [1.82, 2.24) is 4.90 Å². The lowest BCUT2D eigenvalue weighted by Gasteiger charge is -2.25. The summed E-state index contributed by atoms with van der Waals surface area (Å²) in [6.07, 6.45) is 5.57. The molecule has 0 N–H and O–H groups in total. The van der Waals surface area contributed by atoms with E-state index in [0.29, 0.717) is 0 Å². The van der Waals surface area contributed by atoms with Gasteiger partial charge in [-0.2, -0.15) is 0 Å². The van der Waals surface area contributed by atoms with Crippen LogP contribution in [0.2, 0.25) is 0 Å². The third-order valence-electron chi connectivity index (χ3n) is 2.77. The van der Waals surface area contributed by atoms with E-state index in [9.17, 15) is 0 Å². The van der Waals surface area contributed by atoms with Crippen LogP contribution in [0.15, 0.2) is 0 Å². The molecule has 0 aromatic heterocycles. The molecule has 1 rings (SSSR count). The first kappa shape index (κ1) is 11.5. The van der Waals surface area contributed by atoms with Crippen LogP contribution in [0.3, 0.4) is 0 Å². The summed E-state index contributed by atoms with van der Waals surface area (Å²) in [7, 11) is 0. The fourth-order valence-electron chi connectivity index (χ4n) is 2.24. The molecular weight excluding hydrogens is 226 g/mol. The Morgan fingerprint density at radius 1 is 1.46 bits per heavy atom. The molecule has 1 heterocycles. The van der Waals surface area contributed by atoms with Gasteiger partial charge in [0, 0.05) is 17.9 Å². The van der Waals surface area contributed by atoms with Crippen molar-refractivity contribution in [2.75, 3.05) is 18.4 Å². The zero-order valence-electron chi connectivity index (χ0n) is 8.93. The molecule has 1 unspecified atom stereocenters. The van der Waals surface area contributed by atoms with Crippen molar-refractivity contribution in [1.29, 1.82) is 0 Å². The Morgan fingerprint density at radius 3 is 2.85 bits per heavy atom. The van der Waals surface area contributed by atoms with Crippen molar-refractivity contribution in [3.8, 4) is 0 Å². The molecule has 13 heavy (non-hydrogen) atoms. The molecule has 0 radical (unpaired) electrons. The predicted molar refractivity (Wildman–Crippen MR) is 62.5 cm³/mol. The van der Waals surface area contributed by atoms with Gasteiger partial charge < -0.3 is 4.90 Å². The number of hydrogen-bond acceptors (Lipinski definition) is 1. The van der Waals surface area contributed by atoms with E-state index < -0.39 is 0 Å². The van der Waals surface area contributed by atoms with Crippen molar-refractivity contribution in [2.45, 2.75) is 45.6 Å². The highest BCUT2D eigenvalue weighted by molar-refractivity contribution is 9.09. The summed E-state index contributed by atoms with van der Waals surface area (Å²) in [4.78, 5) is 2.69. The van der Waals surface area contributed by atoms with Crippen LogP contribution in [0.4, 0.5) is 0 Å². The highest BCUT2D eigenvalue weighted by Gasteiger charge is 2.23. The summed E-state index contributed by atoms with van der Waals surface area (Å²) in [5.74, 6) is 0.824. The quantitative estimate of drug-likeness (QED) is 0.675. The molecule has 1 atom stereocenters. The third-order valence-corrected chi connectivity index (χ3v) is 3.33. The Kier molecular flexibility index (Phi) is 5.34. The van der Waals surface area contributed by atoms with Gasteiger partial charge in [-0.1, -0.05) is 29.8 Å². The number of likely N-dealkylation sites (tertiary alicyclic amines) is 1. The second-order valence-electron chi connectivity index (χ2n) is 4.52. The monoisotopic (exact) mass is 247 g/mol. The second-order valence-corrected chi connectivity index (χ2v) is 5.31. The van der Waals surface area contributed by atoms with E-state index in [2.05, 4.69) is 34.7 Å². The molecule has 1 aliphatic heterocycles. The van der Waals surface area contributed by atoms with Gasteiger partial charge in [0.15, 0.2) is 0 Å². The number of alkyl halides is 1. The standard InChI is InChI=1S/C11H22BrN/c1-10(2)9-13-8-4-6-11(13)5-3-7-12/h10-11H,3-9H2,1-2H3. The topological polar surface area (TPSA) is 3.24 Å². The van der Waals surface area contributed by atoms with E-state index in [1.165, 1.54) is 44.1 Å². The maximum atomic E-state index is 3.51. The van der Waals surface area contributed by atoms with Crippen LogP contribution in [0.25, 0.3) is 0 Å². The molecule has 0 amide bonds. The van der Waals surface area contributed by atoms with Gasteiger partial charge in [-0.3, -0.25) is 0 Å². The van der Waals surface area contributed by atoms with Gasteiger partial charge in [0.2, 0.25) is 0 Å². The average Bonchev–Trinajstić information content (AvgIpc) is 2.48. The third kappa shape index (κ3) is 3.99. The van der Waals surface area contributed by atoms with Crippen LogP contribution in [-0.2, 0) is 0 Å². The minimum Gasteiger partial charge on any atom is -0.300 e. The molecule has 78 valence electrons. The minimum absolute atomic E-state index is 0.824. The molecule has 2 heteroatoms. The fraction of sp³-hybridized carbons (Fsp3) is 1.00. The maximum absolute atomic E-state index is 3.51. The van der Waals surface area contributed by atoms with Gasteiger partial charge in [-0.15, -0.1) is 0 Å². The number of rotatable bonds is 5. The Hall–Kier alpha value is 0.440. The first-order valence-corrected chi connectivity index (χ1v) is 6.66. The fourth-order valence-corrected chi connectivity index (χ4v) is 2.57. The van der Waals surface area contributed by atoms with Gasteiger partial charge >= 0.3 is 0 Å². The number of nitrogens with zero attached hydrogens (tertiary/aromatic N) is 1. The Balaban J connectivity index is 2.26. The summed E-state index contributed by atoms with van der Waals surface area (Å²) in [5, 5.41) is 1.17. The van der Waals surface area contributed by atoms with E-state index in [4.69, 9.17) is 0 Å². The Bertz CT molecular complexity index is 136. The summed E-state index contributed by atoms with van der Waals surface area (Å²) in [5.41, 5.74) is 0. The van der Waals surface area contributed by atoms with Gasteiger partial charge in [0.1, 0.15) is 0 Å². The van der Waals surface area contributed by atoms with Gasteiger partial charge in [0.25, 0.3) is 0 Å². The van der Waals surface area contributed by atoms with Crippen LogP contribution >= 0.6 is 15.9 Å². The van der Waals surface area contributed by atoms with Crippen LogP contribution in [0, 0.1) is 5.92 Å². The first-order valence-electron chi connectivity index (χ1n) is 5.54. The lowest BCUT2D eigenvalue weighted by atomic mass is 10.1. The summed E-state index contributed by atoms with van der Waals surface area (Å²) in [6, 6.07) is 0.889. The van der Waals surface area contributed by atoms with E-state index in [-0.39, 0.29) is 0 Å². The summed E-state index contributed by atoms with van der Waals surface area (Å²) >= 11 is 3.51. The number of hydrogen-bond donors (Lipinski definition) is 0. The smallest absolute Gasteiger partial charge is 0.00961 e. The highest BCUT2D eigenvalue weighted by atomic mass is 79.9. The van der Waals surface area contributed by atoms with Crippen molar-refractivity contribution < 1.29 is 0 Å². The van der Waals surface area contributed by atoms with E-state index >= 15 is 0 Å². The number of halogens is 1. The lowest BCUT2D eigenvalue weighted by Crippen LogP contribution is -2.32. The Labute approximate surface area is 91.0 Å². The molecule has 0 bridgehead atoms. The van der Waals surface area contributed by atoms with Crippen LogP contribution < -0.4 is 0 Å². The van der Waals surface area contributed by atoms with Crippen molar-refractivity contribution in [3.63, 3.8) is 0 Å². The van der Waals surface area contributed by atoms with E-state index in [0.717, 1.165) is 12.0 Å². The molecule has 0 aromatic rings. The average molecular weight is 248 g/mol.